The highest BCUT2D eigenvalue weighted by atomic mass is 16.4. The molecule has 2 aromatic carbocycles. The molecule has 2 aromatic rings. The predicted octanol–water partition coefficient (Wildman–Crippen LogP) is 4.67. The van der Waals surface area contributed by atoms with Crippen LogP contribution in [0.25, 0.3) is 0 Å². The summed E-state index contributed by atoms with van der Waals surface area (Å²) in [7, 11) is 0. The molecule has 4 atom stereocenters. The topological polar surface area (TPSA) is 40.5 Å². The third-order valence-electron chi connectivity index (χ3n) is 8.07. The summed E-state index contributed by atoms with van der Waals surface area (Å²) in [6.07, 6.45) is 6.87. The van der Waals surface area contributed by atoms with E-state index in [-0.39, 0.29) is 11.3 Å². The van der Waals surface area contributed by atoms with E-state index in [0.717, 1.165) is 32.4 Å². The number of carboxylic acids is 1. The van der Waals surface area contributed by atoms with E-state index in [0.29, 0.717) is 12.0 Å². The molecule has 0 aromatic heterocycles. The first kappa shape index (κ1) is 18.9. The smallest absolute Gasteiger partial charge is 0.306 e. The zero-order chi connectivity index (χ0) is 20.0. The fraction of sp³-hybridized carbons (Fsp3) is 0.500. The van der Waals surface area contributed by atoms with Gasteiger partial charge < -0.3 is 10.0 Å². The first-order chi connectivity index (χ1) is 14.1. The highest BCUT2D eigenvalue weighted by Gasteiger charge is 2.46. The monoisotopic (exact) mass is 389 g/mol. The third kappa shape index (κ3) is 3.30. The van der Waals surface area contributed by atoms with Gasteiger partial charge in [-0.25, -0.2) is 0 Å². The van der Waals surface area contributed by atoms with Gasteiger partial charge >= 0.3 is 5.97 Å². The zero-order valence-corrected chi connectivity index (χ0v) is 17.3. The van der Waals surface area contributed by atoms with Crippen molar-refractivity contribution in [2.75, 3.05) is 13.1 Å². The summed E-state index contributed by atoms with van der Waals surface area (Å²) < 4.78 is 0. The molecule has 152 valence electrons. The van der Waals surface area contributed by atoms with Crippen LogP contribution in [0.1, 0.15) is 54.9 Å². The lowest BCUT2D eigenvalue weighted by molar-refractivity contribution is -0.142. The third-order valence-corrected chi connectivity index (χ3v) is 8.07. The van der Waals surface area contributed by atoms with Crippen LogP contribution in [0.4, 0.5) is 0 Å². The van der Waals surface area contributed by atoms with Crippen molar-refractivity contribution < 1.29 is 9.90 Å². The van der Waals surface area contributed by atoms with Crippen LogP contribution in [0.15, 0.2) is 48.5 Å². The molecule has 0 amide bonds. The minimum absolute atomic E-state index is 0.227. The minimum atomic E-state index is -0.644. The Morgan fingerprint density at radius 1 is 1.07 bits per heavy atom. The van der Waals surface area contributed by atoms with Gasteiger partial charge in [-0.05, 0) is 73.2 Å². The average Bonchev–Trinajstić information content (AvgIpc) is 3.34. The summed E-state index contributed by atoms with van der Waals surface area (Å²) in [6.45, 7) is 3.89. The van der Waals surface area contributed by atoms with Crippen molar-refractivity contribution in [3.8, 4) is 0 Å². The molecule has 3 heteroatoms. The Labute approximate surface area is 173 Å². The first-order valence-corrected chi connectivity index (χ1v) is 11.2. The zero-order valence-electron chi connectivity index (χ0n) is 17.3. The summed E-state index contributed by atoms with van der Waals surface area (Å²) in [5.74, 6) is -0.582. The van der Waals surface area contributed by atoms with Crippen molar-refractivity contribution in [2.45, 2.75) is 56.9 Å². The number of hydrogen-bond acceptors (Lipinski definition) is 2. The van der Waals surface area contributed by atoms with Crippen LogP contribution in [0.5, 0.6) is 0 Å². The molecule has 5 rings (SSSR count). The van der Waals surface area contributed by atoms with Gasteiger partial charge in [0.05, 0.1) is 5.92 Å². The Bertz CT molecular complexity index is 922. The van der Waals surface area contributed by atoms with E-state index in [1.54, 1.807) is 5.56 Å². The van der Waals surface area contributed by atoms with Crippen molar-refractivity contribution in [1.29, 1.82) is 0 Å². The van der Waals surface area contributed by atoms with Crippen LogP contribution in [-0.2, 0) is 23.1 Å². The second kappa shape index (κ2) is 7.28. The van der Waals surface area contributed by atoms with Gasteiger partial charge in [0.15, 0.2) is 0 Å². The number of carbonyl (C=O) groups is 1. The van der Waals surface area contributed by atoms with E-state index in [1.807, 2.05) is 6.92 Å². The molecule has 1 aliphatic heterocycles. The summed E-state index contributed by atoms with van der Waals surface area (Å²) in [4.78, 5) is 14.0. The summed E-state index contributed by atoms with van der Waals surface area (Å²) in [6, 6.07) is 18.7. The lowest BCUT2D eigenvalue weighted by Crippen LogP contribution is -2.35. The number of aliphatic carboxylic acids is 1. The second-order valence-corrected chi connectivity index (χ2v) is 9.63. The Kier molecular flexibility index (Phi) is 4.74. The average molecular weight is 390 g/mol. The molecule has 1 saturated heterocycles. The molecule has 0 radical (unpaired) electrons. The Balaban J connectivity index is 1.42. The van der Waals surface area contributed by atoms with E-state index < -0.39 is 5.97 Å². The van der Waals surface area contributed by atoms with Gasteiger partial charge in [-0.1, -0.05) is 55.5 Å². The molecule has 1 heterocycles. The second-order valence-electron chi connectivity index (χ2n) is 9.63. The number of rotatable bonds is 3. The molecule has 2 aliphatic carbocycles. The van der Waals surface area contributed by atoms with Crippen LogP contribution in [0.3, 0.4) is 0 Å². The van der Waals surface area contributed by atoms with Crippen LogP contribution < -0.4 is 0 Å². The van der Waals surface area contributed by atoms with Crippen molar-refractivity contribution in [3.63, 3.8) is 0 Å². The molecule has 4 unspecified atom stereocenters. The van der Waals surface area contributed by atoms with Gasteiger partial charge in [0.2, 0.25) is 0 Å². The van der Waals surface area contributed by atoms with Crippen LogP contribution >= 0.6 is 0 Å². The fourth-order valence-electron chi connectivity index (χ4n) is 6.33. The molecule has 1 N–H and O–H groups in total. The maximum Gasteiger partial charge on any atom is 0.306 e. The van der Waals surface area contributed by atoms with Crippen molar-refractivity contribution >= 4 is 5.97 Å². The quantitative estimate of drug-likeness (QED) is 0.830. The number of benzene rings is 2. The van der Waals surface area contributed by atoms with Gasteiger partial charge in [0.1, 0.15) is 0 Å². The molecule has 1 saturated carbocycles. The normalized spacial score (nSPS) is 30.0. The van der Waals surface area contributed by atoms with Gasteiger partial charge in [-0.15, -0.1) is 0 Å². The van der Waals surface area contributed by atoms with Crippen LogP contribution in [0.2, 0.25) is 0 Å². The number of likely N-dealkylation sites (tertiary alicyclic amines) is 1. The predicted molar refractivity (Wildman–Crippen MR) is 115 cm³/mol. The van der Waals surface area contributed by atoms with E-state index in [4.69, 9.17) is 0 Å². The molecule has 0 bridgehead atoms. The lowest BCUT2D eigenvalue weighted by Gasteiger charge is -2.32. The van der Waals surface area contributed by atoms with E-state index in [9.17, 15) is 9.90 Å². The number of fused-ring (bicyclic) bond motifs is 3. The Morgan fingerprint density at radius 2 is 1.79 bits per heavy atom. The van der Waals surface area contributed by atoms with Gasteiger partial charge in [-0.2, -0.15) is 0 Å². The molecule has 3 aliphatic rings. The SMILES string of the molecule is CC(C(=O)O)C1CCN(C2CCC3(Cc4ccccc4Cc4ccccc43)C2)C1. The van der Waals surface area contributed by atoms with Crippen LogP contribution in [-0.4, -0.2) is 35.1 Å². The molecular formula is C26H31NO2. The van der Waals surface area contributed by atoms with Crippen molar-refractivity contribution in [2.24, 2.45) is 11.8 Å². The standard InChI is InChI=1S/C26H31NO2/c1-18(25(28)29)22-11-13-27(17-22)23-10-12-26(16-23)15-21-8-3-2-6-19(21)14-20-7-4-5-9-24(20)26/h2-9,18,22-23H,10-17H2,1H3,(H,28,29). The minimum Gasteiger partial charge on any atom is -0.481 e. The van der Waals surface area contributed by atoms with Crippen molar-refractivity contribution in [3.05, 3.63) is 70.8 Å². The van der Waals surface area contributed by atoms with Crippen molar-refractivity contribution in [1.82, 2.24) is 4.90 Å². The fourth-order valence-corrected chi connectivity index (χ4v) is 6.33. The lowest BCUT2D eigenvalue weighted by atomic mass is 9.73. The Hall–Kier alpha value is -2.13. The summed E-state index contributed by atoms with van der Waals surface area (Å²) in [5, 5.41) is 9.41. The van der Waals surface area contributed by atoms with E-state index >= 15 is 0 Å². The summed E-state index contributed by atoms with van der Waals surface area (Å²) in [5.41, 5.74) is 6.29. The molecule has 2 fully saturated rings. The molecular weight excluding hydrogens is 358 g/mol. The van der Waals surface area contributed by atoms with E-state index in [1.165, 1.54) is 36.0 Å². The van der Waals surface area contributed by atoms with Gasteiger partial charge in [0.25, 0.3) is 0 Å². The number of nitrogens with zero attached hydrogens (tertiary/aromatic N) is 1. The number of carboxylic acid groups (broad SMARTS) is 1. The highest BCUT2D eigenvalue weighted by molar-refractivity contribution is 5.69. The van der Waals surface area contributed by atoms with Gasteiger partial charge in [-0.3, -0.25) is 4.79 Å². The Morgan fingerprint density at radius 3 is 2.59 bits per heavy atom. The maximum atomic E-state index is 11.4. The first-order valence-electron chi connectivity index (χ1n) is 11.2. The van der Waals surface area contributed by atoms with Gasteiger partial charge in [0, 0.05) is 18.0 Å². The molecule has 1 spiro atoms. The largest absolute Gasteiger partial charge is 0.481 e. The highest BCUT2D eigenvalue weighted by Crippen LogP contribution is 2.49. The molecule has 29 heavy (non-hydrogen) atoms. The van der Waals surface area contributed by atoms with Crippen LogP contribution in [0, 0.1) is 11.8 Å². The number of hydrogen-bond donors (Lipinski definition) is 1. The summed E-state index contributed by atoms with van der Waals surface area (Å²) >= 11 is 0. The molecule has 3 nitrogen and oxygen atoms in total. The maximum absolute atomic E-state index is 11.4. The van der Waals surface area contributed by atoms with E-state index in [2.05, 4.69) is 53.4 Å².